The van der Waals surface area contributed by atoms with Crippen molar-refractivity contribution in [3.63, 3.8) is 0 Å². The van der Waals surface area contributed by atoms with E-state index < -0.39 is 0 Å². The molecule has 0 spiro atoms. The summed E-state index contributed by atoms with van der Waals surface area (Å²) in [6.45, 7) is 1.75. The minimum absolute atomic E-state index is 0.184. The van der Waals surface area contributed by atoms with Gasteiger partial charge in [0.25, 0.3) is 0 Å². The Morgan fingerprint density at radius 1 is 1.25 bits per heavy atom. The molecule has 0 aliphatic heterocycles. The number of anilines is 1. The number of ether oxygens (including phenoxy) is 1. The van der Waals surface area contributed by atoms with Crippen LogP contribution in [-0.4, -0.2) is 9.97 Å². The molecule has 5 heteroatoms. The molecule has 2 aromatic rings. The summed E-state index contributed by atoms with van der Waals surface area (Å²) in [5, 5.41) is 0. The summed E-state index contributed by atoms with van der Waals surface area (Å²) < 4.78 is 18.2. The molecule has 2 N–H and O–H groups in total. The molecule has 0 saturated heterocycles. The van der Waals surface area contributed by atoms with Gasteiger partial charge in [-0.05, 0) is 30.7 Å². The third kappa shape index (κ3) is 2.25. The molecule has 1 aromatic heterocycles. The lowest BCUT2D eigenvalue weighted by Crippen LogP contribution is -1.95. The zero-order chi connectivity index (χ0) is 11.5. The average molecular weight is 219 g/mol. The van der Waals surface area contributed by atoms with Crippen LogP contribution in [0.5, 0.6) is 11.8 Å². The first kappa shape index (κ1) is 10.4. The number of nitrogens with zero attached hydrogens (tertiary/aromatic N) is 2. The van der Waals surface area contributed by atoms with E-state index in [0.717, 1.165) is 0 Å². The van der Waals surface area contributed by atoms with Crippen LogP contribution in [0.3, 0.4) is 0 Å². The van der Waals surface area contributed by atoms with E-state index in [-0.39, 0.29) is 11.8 Å². The number of nitrogen functional groups attached to an aromatic ring is 1. The highest BCUT2D eigenvalue weighted by atomic mass is 19.1. The molecule has 0 atom stereocenters. The van der Waals surface area contributed by atoms with Crippen molar-refractivity contribution in [3.8, 4) is 11.8 Å². The van der Waals surface area contributed by atoms with Gasteiger partial charge >= 0.3 is 6.01 Å². The number of hydrogen-bond acceptors (Lipinski definition) is 4. The third-order valence-corrected chi connectivity index (χ3v) is 1.99. The van der Waals surface area contributed by atoms with E-state index in [9.17, 15) is 4.39 Å². The largest absolute Gasteiger partial charge is 0.424 e. The second-order valence-electron chi connectivity index (χ2n) is 3.31. The van der Waals surface area contributed by atoms with Crippen LogP contribution in [0.4, 0.5) is 10.1 Å². The van der Waals surface area contributed by atoms with Crippen molar-refractivity contribution in [2.75, 3.05) is 5.73 Å². The van der Waals surface area contributed by atoms with E-state index in [0.29, 0.717) is 17.0 Å². The van der Waals surface area contributed by atoms with Gasteiger partial charge in [0.1, 0.15) is 11.6 Å². The van der Waals surface area contributed by atoms with Crippen LogP contribution in [0.25, 0.3) is 0 Å². The first-order valence-electron chi connectivity index (χ1n) is 4.66. The summed E-state index contributed by atoms with van der Waals surface area (Å²) in [7, 11) is 0. The lowest BCUT2D eigenvalue weighted by Gasteiger charge is -2.06. The van der Waals surface area contributed by atoms with Crippen molar-refractivity contribution in [2.24, 2.45) is 0 Å². The van der Waals surface area contributed by atoms with E-state index in [4.69, 9.17) is 10.5 Å². The van der Waals surface area contributed by atoms with Crippen LogP contribution in [0.2, 0.25) is 0 Å². The molecule has 0 unspecified atom stereocenters. The molecule has 0 saturated carbocycles. The fraction of sp³-hybridized carbons (Fsp3) is 0.0909. The van der Waals surface area contributed by atoms with E-state index >= 15 is 0 Å². The minimum Gasteiger partial charge on any atom is -0.424 e. The molecule has 4 nitrogen and oxygen atoms in total. The van der Waals surface area contributed by atoms with Crippen molar-refractivity contribution < 1.29 is 9.13 Å². The standard InChI is InChI=1S/C11H10FN3O/c1-7-4-8(12)2-3-10(7)16-11-14-5-9(13)6-15-11/h2-6H,13H2,1H3. The quantitative estimate of drug-likeness (QED) is 0.841. The first-order valence-corrected chi connectivity index (χ1v) is 4.66. The highest BCUT2D eigenvalue weighted by molar-refractivity contribution is 5.35. The highest BCUT2D eigenvalue weighted by Crippen LogP contribution is 2.22. The Morgan fingerprint density at radius 2 is 1.94 bits per heavy atom. The van der Waals surface area contributed by atoms with Crippen LogP contribution in [0.15, 0.2) is 30.6 Å². The van der Waals surface area contributed by atoms with Gasteiger partial charge in [-0.25, -0.2) is 14.4 Å². The zero-order valence-electron chi connectivity index (χ0n) is 8.64. The molecule has 0 aliphatic rings. The normalized spacial score (nSPS) is 10.1. The smallest absolute Gasteiger partial charge is 0.322 e. The van der Waals surface area contributed by atoms with E-state index in [2.05, 4.69) is 9.97 Å². The van der Waals surface area contributed by atoms with Gasteiger partial charge in [0.05, 0.1) is 18.1 Å². The molecule has 1 aromatic carbocycles. The van der Waals surface area contributed by atoms with E-state index in [1.54, 1.807) is 6.92 Å². The fourth-order valence-corrected chi connectivity index (χ4v) is 1.20. The van der Waals surface area contributed by atoms with Crippen molar-refractivity contribution in [3.05, 3.63) is 42.0 Å². The van der Waals surface area contributed by atoms with Gasteiger partial charge in [0.2, 0.25) is 0 Å². The predicted octanol–water partition coefficient (Wildman–Crippen LogP) is 2.30. The molecule has 1 heterocycles. The molecule has 2 rings (SSSR count). The molecule has 0 aliphatic carbocycles. The van der Waals surface area contributed by atoms with Crippen LogP contribution in [0.1, 0.15) is 5.56 Å². The summed E-state index contributed by atoms with van der Waals surface area (Å²) in [6, 6.07) is 4.42. The Morgan fingerprint density at radius 3 is 2.56 bits per heavy atom. The lowest BCUT2D eigenvalue weighted by atomic mass is 10.2. The van der Waals surface area contributed by atoms with Crippen molar-refractivity contribution in [1.29, 1.82) is 0 Å². The van der Waals surface area contributed by atoms with E-state index in [1.165, 1.54) is 30.6 Å². The molecule has 16 heavy (non-hydrogen) atoms. The molecule has 82 valence electrons. The van der Waals surface area contributed by atoms with Crippen molar-refractivity contribution in [1.82, 2.24) is 9.97 Å². The molecule has 0 radical (unpaired) electrons. The summed E-state index contributed by atoms with van der Waals surface area (Å²) in [6.07, 6.45) is 2.89. The van der Waals surface area contributed by atoms with Gasteiger partial charge < -0.3 is 10.5 Å². The summed E-state index contributed by atoms with van der Waals surface area (Å²) in [5.74, 6) is 0.217. The van der Waals surface area contributed by atoms with Crippen molar-refractivity contribution >= 4 is 5.69 Å². The lowest BCUT2D eigenvalue weighted by molar-refractivity contribution is 0.437. The number of aryl methyl sites for hydroxylation is 1. The topological polar surface area (TPSA) is 61.0 Å². The van der Waals surface area contributed by atoms with Crippen LogP contribution >= 0.6 is 0 Å². The molecule has 0 bridgehead atoms. The predicted molar refractivity (Wildman–Crippen MR) is 57.7 cm³/mol. The van der Waals surface area contributed by atoms with Gasteiger partial charge in [-0.15, -0.1) is 0 Å². The summed E-state index contributed by atoms with van der Waals surface area (Å²) in [5.41, 5.74) is 6.58. The maximum Gasteiger partial charge on any atom is 0.322 e. The Labute approximate surface area is 91.9 Å². The number of nitrogens with two attached hydrogens (primary N) is 1. The van der Waals surface area contributed by atoms with Gasteiger partial charge in [-0.3, -0.25) is 0 Å². The SMILES string of the molecule is Cc1cc(F)ccc1Oc1ncc(N)cn1. The van der Waals surface area contributed by atoms with Gasteiger partial charge in [-0.1, -0.05) is 0 Å². The average Bonchev–Trinajstić information content (AvgIpc) is 2.25. The fourth-order valence-electron chi connectivity index (χ4n) is 1.20. The molecular formula is C11H10FN3O. The molecular weight excluding hydrogens is 209 g/mol. The number of hydrogen-bond donors (Lipinski definition) is 1. The second-order valence-corrected chi connectivity index (χ2v) is 3.31. The second kappa shape index (κ2) is 4.14. The Balaban J connectivity index is 2.23. The molecule has 0 fully saturated rings. The van der Waals surface area contributed by atoms with E-state index in [1.807, 2.05) is 0 Å². The Bertz CT molecular complexity index is 499. The third-order valence-electron chi connectivity index (χ3n) is 1.99. The Kier molecular flexibility index (Phi) is 2.68. The maximum atomic E-state index is 12.8. The minimum atomic E-state index is -0.303. The van der Waals surface area contributed by atoms with Crippen molar-refractivity contribution in [2.45, 2.75) is 6.92 Å². The summed E-state index contributed by atoms with van der Waals surface area (Å²) in [4.78, 5) is 7.77. The van der Waals surface area contributed by atoms with Gasteiger partial charge in [-0.2, -0.15) is 0 Å². The Hall–Kier alpha value is -2.17. The van der Waals surface area contributed by atoms with Crippen LogP contribution < -0.4 is 10.5 Å². The number of rotatable bonds is 2. The first-order chi connectivity index (χ1) is 7.65. The van der Waals surface area contributed by atoms with Gasteiger partial charge in [0.15, 0.2) is 0 Å². The van der Waals surface area contributed by atoms with Gasteiger partial charge in [0, 0.05) is 0 Å². The summed E-state index contributed by atoms with van der Waals surface area (Å²) >= 11 is 0. The monoisotopic (exact) mass is 219 g/mol. The molecule has 0 amide bonds. The van der Waals surface area contributed by atoms with Crippen LogP contribution in [0, 0.1) is 12.7 Å². The van der Waals surface area contributed by atoms with Crippen LogP contribution in [-0.2, 0) is 0 Å². The number of benzene rings is 1. The number of aromatic nitrogens is 2. The highest BCUT2D eigenvalue weighted by Gasteiger charge is 2.04. The number of halogens is 1. The maximum absolute atomic E-state index is 12.8. The zero-order valence-corrected chi connectivity index (χ0v) is 8.64.